The fourth-order valence-corrected chi connectivity index (χ4v) is 4.54. The molecule has 9 heteroatoms. The normalized spacial score (nSPS) is 15.5. The molecule has 0 bridgehead atoms. The summed E-state index contributed by atoms with van der Waals surface area (Å²) in [6.07, 6.45) is 18.7. The van der Waals surface area contributed by atoms with E-state index < -0.39 is 20.0 Å². The standard InChI is InChI=1S/C28H57N2O6P/c1-6-8-10-12-14-15-16-17-19-21-27(31)26(29-28(32)22-20-18-13-11-9-7-2)25-36-37(33,34)35-24-23-30(3,4)5/h19,21,26-27,31H,6-18,20,22-25H2,1-5H3,(H-,29,32,33,34)/p+1/b21-19+. The molecule has 0 saturated carbocycles. The van der Waals surface area contributed by atoms with Gasteiger partial charge in [-0.05, 0) is 19.3 Å². The van der Waals surface area contributed by atoms with Gasteiger partial charge in [0.25, 0.3) is 0 Å². The first kappa shape index (κ1) is 36.2. The third-order valence-corrected chi connectivity index (χ3v) is 7.24. The molecule has 37 heavy (non-hydrogen) atoms. The van der Waals surface area contributed by atoms with Crippen molar-refractivity contribution >= 4 is 13.7 Å². The van der Waals surface area contributed by atoms with Crippen molar-refractivity contribution in [1.82, 2.24) is 5.32 Å². The van der Waals surface area contributed by atoms with Crippen LogP contribution in [0.3, 0.4) is 0 Å². The van der Waals surface area contributed by atoms with E-state index in [0.29, 0.717) is 17.4 Å². The number of quaternary nitrogens is 1. The number of aliphatic hydroxyl groups excluding tert-OH is 1. The number of aliphatic hydroxyl groups is 1. The Kier molecular flexibility index (Phi) is 21.6. The van der Waals surface area contributed by atoms with Gasteiger partial charge in [-0.15, -0.1) is 0 Å². The van der Waals surface area contributed by atoms with E-state index in [1.165, 1.54) is 51.4 Å². The Morgan fingerprint density at radius 2 is 1.43 bits per heavy atom. The molecule has 0 radical (unpaired) electrons. The summed E-state index contributed by atoms with van der Waals surface area (Å²) >= 11 is 0. The molecular formula is C28H58N2O6P+. The molecular weight excluding hydrogens is 491 g/mol. The second kappa shape index (κ2) is 22.1. The molecule has 0 saturated heterocycles. The van der Waals surface area contributed by atoms with Crippen molar-refractivity contribution in [3.63, 3.8) is 0 Å². The van der Waals surface area contributed by atoms with Gasteiger partial charge in [0.15, 0.2) is 0 Å². The summed E-state index contributed by atoms with van der Waals surface area (Å²) in [6.45, 7) is 4.67. The average molecular weight is 550 g/mol. The third kappa shape index (κ3) is 24.0. The minimum Gasteiger partial charge on any atom is -0.387 e. The van der Waals surface area contributed by atoms with E-state index in [-0.39, 0.29) is 19.1 Å². The van der Waals surface area contributed by atoms with Crippen LogP contribution in [0.25, 0.3) is 0 Å². The number of unbranched alkanes of at least 4 members (excludes halogenated alkanes) is 12. The molecule has 0 aliphatic rings. The van der Waals surface area contributed by atoms with Crippen LogP contribution in [0.1, 0.15) is 110 Å². The number of nitrogens with one attached hydrogen (secondary N) is 1. The largest absolute Gasteiger partial charge is 0.472 e. The number of allylic oxidation sites excluding steroid dienone is 1. The van der Waals surface area contributed by atoms with Crippen LogP contribution in [-0.4, -0.2) is 73.4 Å². The number of hydrogen-bond acceptors (Lipinski definition) is 5. The van der Waals surface area contributed by atoms with E-state index in [1.807, 2.05) is 27.2 Å². The summed E-state index contributed by atoms with van der Waals surface area (Å²) in [4.78, 5) is 22.6. The van der Waals surface area contributed by atoms with E-state index in [1.54, 1.807) is 6.08 Å². The Morgan fingerprint density at radius 1 is 0.892 bits per heavy atom. The second-order valence-electron chi connectivity index (χ2n) is 11.1. The third-order valence-electron chi connectivity index (χ3n) is 6.26. The van der Waals surface area contributed by atoms with Gasteiger partial charge in [-0.2, -0.15) is 0 Å². The quantitative estimate of drug-likeness (QED) is 0.0548. The van der Waals surface area contributed by atoms with Gasteiger partial charge >= 0.3 is 7.82 Å². The van der Waals surface area contributed by atoms with Crippen LogP contribution in [0.2, 0.25) is 0 Å². The predicted octanol–water partition coefficient (Wildman–Crippen LogP) is 6.12. The first-order chi connectivity index (χ1) is 17.5. The summed E-state index contributed by atoms with van der Waals surface area (Å²) in [5.41, 5.74) is 0. The number of carbonyl (C=O) groups excluding carboxylic acids is 1. The van der Waals surface area contributed by atoms with Gasteiger partial charge in [0, 0.05) is 6.42 Å². The van der Waals surface area contributed by atoms with Gasteiger partial charge in [0.2, 0.25) is 5.91 Å². The number of carbonyl (C=O) groups is 1. The van der Waals surface area contributed by atoms with Crippen LogP contribution in [0.15, 0.2) is 12.2 Å². The lowest BCUT2D eigenvalue weighted by atomic mass is 10.1. The Hall–Kier alpha value is -0.760. The van der Waals surface area contributed by atoms with Crippen LogP contribution < -0.4 is 5.32 Å². The Morgan fingerprint density at radius 3 is 2.00 bits per heavy atom. The molecule has 3 unspecified atom stereocenters. The maximum Gasteiger partial charge on any atom is 0.472 e. The summed E-state index contributed by atoms with van der Waals surface area (Å²) in [6, 6.07) is -0.833. The van der Waals surface area contributed by atoms with E-state index in [0.717, 1.165) is 38.5 Å². The topological polar surface area (TPSA) is 105 Å². The maximum atomic E-state index is 12.5. The lowest BCUT2D eigenvalue weighted by molar-refractivity contribution is -0.870. The Balaban J connectivity index is 4.72. The molecule has 0 aromatic carbocycles. The van der Waals surface area contributed by atoms with Crippen molar-refractivity contribution in [3.8, 4) is 0 Å². The van der Waals surface area contributed by atoms with Gasteiger partial charge in [-0.3, -0.25) is 13.8 Å². The van der Waals surface area contributed by atoms with Crippen LogP contribution in [-0.2, 0) is 18.4 Å². The molecule has 3 atom stereocenters. The minimum absolute atomic E-state index is 0.0627. The first-order valence-electron chi connectivity index (χ1n) is 14.6. The fourth-order valence-electron chi connectivity index (χ4n) is 3.80. The lowest BCUT2D eigenvalue weighted by Gasteiger charge is -2.25. The number of phosphoric acid groups is 1. The van der Waals surface area contributed by atoms with Crippen LogP contribution in [0.5, 0.6) is 0 Å². The summed E-state index contributed by atoms with van der Waals surface area (Å²) in [5.74, 6) is -0.192. The molecule has 1 amide bonds. The van der Waals surface area contributed by atoms with Crippen LogP contribution in [0.4, 0.5) is 0 Å². The molecule has 3 N–H and O–H groups in total. The first-order valence-corrected chi connectivity index (χ1v) is 16.1. The molecule has 0 aromatic rings. The van der Waals surface area contributed by atoms with E-state index in [9.17, 15) is 19.4 Å². The highest BCUT2D eigenvalue weighted by atomic mass is 31.2. The smallest absolute Gasteiger partial charge is 0.387 e. The van der Waals surface area contributed by atoms with Crippen molar-refractivity contribution in [1.29, 1.82) is 0 Å². The van der Waals surface area contributed by atoms with Gasteiger partial charge in [0.05, 0.1) is 39.9 Å². The van der Waals surface area contributed by atoms with Crippen molar-refractivity contribution in [3.05, 3.63) is 12.2 Å². The number of phosphoric ester groups is 1. The van der Waals surface area contributed by atoms with Crippen molar-refractivity contribution in [2.45, 2.75) is 122 Å². The van der Waals surface area contributed by atoms with Crippen LogP contribution in [0, 0.1) is 0 Å². The van der Waals surface area contributed by atoms with Gasteiger partial charge < -0.3 is 19.8 Å². The number of hydrogen-bond donors (Lipinski definition) is 3. The molecule has 0 fully saturated rings. The van der Waals surface area contributed by atoms with Crippen LogP contribution >= 0.6 is 7.82 Å². The molecule has 0 spiro atoms. The summed E-state index contributed by atoms with van der Waals surface area (Å²) in [7, 11) is 1.56. The lowest BCUT2D eigenvalue weighted by Crippen LogP contribution is -2.45. The fraction of sp³-hybridized carbons (Fsp3) is 0.893. The summed E-state index contributed by atoms with van der Waals surface area (Å²) < 4.78 is 23.1. The zero-order chi connectivity index (χ0) is 28.0. The number of likely N-dealkylation sites (N-methyl/N-ethyl adjacent to an activating group) is 1. The molecule has 220 valence electrons. The second-order valence-corrected chi connectivity index (χ2v) is 12.6. The highest BCUT2D eigenvalue weighted by Crippen LogP contribution is 2.43. The predicted molar refractivity (Wildman–Crippen MR) is 152 cm³/mol. The number of nitrogens with zero attached hydrogens (tertiary/aromatic N) is 1. The molecule has 0 aromatic heterocycles. The van der Waals surface area contributed by atoms with Crippen molar-refractivity contribution in [2.24, 2.45) is 0 Å². The van der Waals surface area contributed by atoms with Crippen molar-refractivity contribution in [2.75, 3.05) is 40.9 Å². The maximum absolute atomic E-state index is 12.5. The molecule has 0 aliphatic carbocycles. The van der Waals surface area contributed by atoms with Gasteiger partial charge in [-0.1, -0.05) is 96.6 Å². The Bertz CT molecular complexity index is 639. The zero-order valence-corrected chi connectivity index (χ0v) is 25.4. The van der Waals surface area contributed by atoms with E-state index >= 15 is 0 Å². The molecule has 0 heterocycles. The average Bonchev–Trinajstić information content (AvgIpc) is 2.81. The van der Waals surface area contributed by atoms with Crippen molar-refractivity contribution < 1.29 is 32.9 Å². The minimum atomic E-state index is -4.30. The van der Waals surface area contributed by atoms with E-state index in [2.05, 4.69) is 19.2 Å². The monoisotopic (exact) mass is 549 g/mol. The molecule has 8 nitrogen and oxygen atoms in total. The van der Waals surface area contributed by atoms with Gasteiger partial charge in [0.1, 0.15) is 13.2 Å². The highest BCUT2D eigenvalue weighted by Gasteiger charge is 2.27. The zero-order valence-electron chi connectivity index (χ0n) is 24.5. The molecule has 0 aliphatic heterocycles. The Labute approximate surface area is 227 Å². The number of rotatable bonds is 25. The van der Waals surface area contributed by atoms with E-state index in [4.69, 9.17) is 9.05 Å². The van der Waals surface area contributed by atoms with Gasteiger partial charge in [-0.25, -0.2) is 4.57 Å². The highest BCUT2D eigenvalue weighted by molar-refractivity contribution is 7.47. The number of amides is 1. The molecule has 0 rings (SSSR count). The SMILES string of the molecule is CCCCCCCCC/C=C/C(O)C(COP(=O)(O)OCC[N+](C)(C)C)NC(=O)CCCCCCCC. The summed E-state index contributed by atoms with van der Waals surface area (Å²) in [5, 5.41) is 13.5.